The van der Waals surface area contributed by atoms with E-state index in [1.165, 1.54) is 0 Å². The second-order valence-corrected chi connectivity index (χ2v) is 7.11. The van der Waals surface area contributed by atoms with Gasteiger partial charge >= 0.3 is 0 Å². The maximum Gasteiger partial charge on any atom is 0.102 e. The topological polar surface area (TPSA) is 47.6 Å². The van der Waals surface area contributed by atoms with Gasteiger partial charge in [-0.25, -0.2) is 0 Å². The molecule has 2 nitrogen and oxygen atoms in total. The lowest BCUT2D eigenvalue weighted by Crippen LogP contribution is -2.19. The zero-order valence-electron chi connectivity index (χ0n) is 12.2. The predicted octanol–water partition coefficient (Wildman–Crippen LogP) is 6.37. The van der Waals surface area contributed by atoms with E-state index in [1.54, 1.807) is 24.3 Å². The monoisotopic (exact) mass is 382 g/mol. The minimum absolute atomic E-state index is 0.240. The van der Waals surface area contributed by atoms with Gasteiger partial charge in [-0.15, -0.1) is 0 Å². The third-order valence-corrected chi connectivity index (χ3v) is 4.94. The Kier molecular flexibility index (Phi) is 5.14. The van der Waals surface area contributed by atoms with Crippen LogP contribution in [-0.4, -0.2) is 0 Å². The highest BCUT2D eigenvalue weighted by atomic mass is 35.5. The summed E-state index contributed by atoms with van der Waals surface area (Å²) in [6.45, 7) is 3.91. The molecule has 2 aromatic carbocycles. The van der Waals surface area contributed by atoms with Crippen molar-refractivity contribution in [3.63, 3.8) is 0 Å². The van der Waals surface area contributed by atoms with Crippen LogP contribution in [0.25, 0.3) is 0 Å². The van der Waals surface area contributed by atoms with Gasteiger partial charge in [0.25, 0.3) is 0 Å². The molecule has 2 rings (SSSR count). The second kappa shape index (κ2) is 6.60. The van der Waals surface area contributed by atoms with E-state index in [-0.39, 0.29) is 31.2 Å². The smallest absolute Gasteiger partial charge is 0.102 e. The average molecular weight is 384 g/mol. The Bertz CT molecular complexity index is 756. The van der Waals surface area contributed by atoms with Crippen LogP contribution in [0, 0.1) is 22.7 Å². The molecule has 0 radical (unpaired) electrons. The molecule has 0 N–H and O–H groups in total. The first-order chi connectivity index (χ1) is 10.7. The Labute approximate surface area is 154 Å². The van der Waals surface area contributed by atoms with Crippen molar-refractivity contribution in [1.29, 1.82) is 10.5 Å². The molecule has 23 heavy (non-hydrogen) atoms. The number of hydrogen-bond donors (Lipinski definition) is 0. The normalized spacial score (nSPS) is 11.0. The van der Waals surface area contributed by atoms with Crippen molar-refractivity contribution in [2.75, 3.05) is 0 Å². The summed E-state index contributed by atoms with van der Waals surface area (Å²) in [6.07, 6.45) is 0. The highest BCUT2D eigenvalue weighted by Gasteiger charge is 2.27. The van der Waals surface area contributed by atoms with E-state index in [9.17, 15) is 0 Å². The number of nitriles is 2. The molecule has 116 valence electrons. The number of rotatable bonds is 2. The molecular weight excluding hydrogens is 374 g/mol. The van der Waals surface area contributed by atoms with Crippen LogP contribution in [0.15, 0.2) is 24.3 Å². The Balaban J connectivity index is 2.64. The van der Waals surface area contributed by atoms with Gasteiger partial charge in [0.1, 0.15) is 12.1 Å². The van der Waals surface area contributed by atoms with E-state index < -0.39 is 5.41 Å². The van der Waals surface area contributed by atoms with Gasteiger partial charge < -0.3 is 0 Å². The van der Waals surface area contributed by atoms with Crippen molar-refractivity contribution in [3.05, 3.63) is 66.6 Å². The molecule has 0 saturated carbocycles. The minimum Gasteiger partial charge on any atom is -0.192 e. The summed E-state index contributed by atoms with van der Waals surface area (Å²) < 4.78 is 0. The van der Waals surface area contributed by atoms with E-state index in [4.69, 9.17) is 56.9 Å². The molecule has 0 aliphatic carbocycles. The lowest BCUT2D eigenvalue weighted by Gasteiger charge is -2.27. The summed E-state index contributed by atoms with van der Waals surface area (Å²) in [4.78, 5) is 0. The summed E-state index contributed by atoms with van der Waals surface area (Å²) in [5.74, 6) is 0. The van der Waals surface area contributed by atoms with Crippen molar-refractivity contribution in [2.45, 2.75) is 19.3 Å². The molecule has 0 heterocycles. The Morgan fingerprint density at radius 1 is 0.696 bits per heavy atom. The fraction of sp³-hybridized carbons (Fsp3) is 0.176. The highest BCUT2D eigenvalue weighted by Crippen LogP contribution is 2.39. The van der Waals surface area contributed by atoms with Crippen molar-refractivity contribution in [3.8, 4) is 12.1 Å². The van der Waals surface area contributed by atoms with Crippen molar-refractivity contribution < 1.29 is 0 Å². The van der Waals surface area contributed by atoms with Crippen LogP contribution in [0.3, 0.4) is 0 Å². The number of benzene rings is 2. The first-order valence-electron chi connectivity index (χ1n) is 6.51. The molecule has 0 atom stereocenters. The number of nitrogens with zero attached hydrogens (tertiary/aromatic N) is 2. The van der Waals surface area contributed by atoms with Gasteiger partial charge in [0, 0.05) is 5.41 Å². The molecular formula is C17H10Cl4N2. The van der Waals surface area contributed by atoms with Gasteiger partial charge in [-0.2, -0.15) is 10.5 Å². The van der Waals surface area contributed by atoms with Crippen molar-refractivity contribution >= 4 is 46.4 Å². The third-order valence-electron chi connectivity index (χ3n) is 3.75. The van der Waals surface area contributed by atoms with Gasteiger partial charge in [0.15, 0.2) is 0 Å². The summed E-state index contributed by atoms with van der Waals surface area (Å²) in [6, 6.07) is 10.7. The first-order valence-corrected chi connectivity index (χ1v) is 8.02. The lowest BCUT2D eigenvalue weighted by atomic mass is 9.77. The molecule has 0 spiro atoms. The molecule has 2 aromatic rings. The minimum atomic E-state index is -0.525. The Morgan fingerprint density at radius 3 is 1.17 bits per heavy atom. The van der Waals surface area contributed by atoms with Crippen LogP contribution >= 0.6 is 46.4 Å². The SMILES string of the molecule is CC(C)(c1cc(Cl)c(C#N)c(Cl)c1)c1cc(Cl)c(C#N)c(Cl)c1. The average Bonchev–Trinajstić information content (AvgIpc) is 2.46. The van der Waals surface area contributed by atoms with Gasteiger partial charge in [-0.3, -0.25) is 0 Å². The van der Waals surface area contributed by atoms with Crippen LogP contribution in [0.1, 0.15) is 36.1 Å². The Morgan fingerprint density at radius 2 is 0.957 bits per heavy atom. The summed E-state index contributed by atoms with van der Waals surface area (Å²) in [7, 11) is 0. The first kappa shape index (κ1) is 17.9. The molecule has 0 fully saturated rings. The second-order valence-electron chi connectivity index (χ2n) is 5.48. The molecule has 0 amide bonds. The molecule has 6 heteroatoms. The summed E-state index contributed by atoms with van der Waals surface area (Å²) in [5.41, 5.74) is 1.57. The molecule has 0 aliphatic heterocycles. The summed E-state index contributed by atoms with van der Waals surface area (Å²) >= 11 is 24.5. The van der Waals surface area contributed by atoms with Crippen LogP contribution in [0.4, 0.5) is 0 Å². The predicted molar refractivity (Wildman–Crippen MR) is 94.5 cm³/mol. The summed E-state index contributed by atoms with van der Waals surface area (Å²) in [5, 5.41) is 19.3. The zero-order chi connectivity index (χ0) is 17.4. The number of hydrogen-bond acceptors (Lipinski definition) is 2. The van der Waals surface area contributed by atoms with Gasteiger partial charge in [0.2, 0.25) is 0 Å². The molecule has 0 aromatic heterocycles. The maximum atomic E-state index is 9.06. The van der Waals surface area contributed by atoms with E-state index in [0.29, 0.717) is 0 Å². The van der Waals surface area contributed by atoms with E-state index in [2.05, 4.69) is 0 Å². The van der Waals surface area contributed by atoms with Crippen molar-refractivity contribution in [2.24, 2.45) is 0 Å². The van der Waals surface area contributed by atoms with Crippen molar-refractivity contribution in [1.82, 2.24) is 0 Å². The van der Waals surface area contributed by atoms with Crippen LogP contribution < -0.4 is 0 Å². The van der Waals surface area contributed by atoms with Gasteiger partial charge in [-0.05, 0) is 35.4 Å². The van der Waals surface area contributed by atoms with E-state index in [0.717, 1.165) is 11.1 Å². The fourth-order valence-electron chi connectivity index (χ4n) is 2.25. The molecule has 0 aliphatic rings. The standard InChI is InChI=1S/C17H10Cl4N2/c1-17(2,9-3-13(18)11(7-22)14(19)4-9)10-5-15(20)12(8-23)16(21)6-10/h3-6H,1-2H3. The molecule has 0 bridgehead atoms. The Hall–Kier alpha value is -1.42. The number of halogens is 4. The van der Waals surface area contributed by atoms with Gasteiger partial charge in [0.05, 0.1) is 31.2 Å². The maximum absolute atomic E-state index is 9.06. The van der Waals surface area contributed by atoms with Crippen LogP contribution in [-0.2, 0) is 5.41 Å². The molecule has 0 saturated heterocycles. The van der Waals surface area contributed by atoms with E-state index >= 15 is 0 Å². The van der Waals surface area contributed by atoms with E-state index in [1.807, 2.05) is 26.0 Å². The largest absolute Gasteiger partial charge is 0.192 e. The lowest BCUT2D eigenvalue weighted by molar-refractivity contribution is 0.641. The van der Waals surface area contributed by atoms with Crippen LogP contribution in [0.5, 0.6) is 0 Å². The molecule has 0 unspecified atom stereocenters. The highest BCUT2D eigenvalue weighted by molar-refractivity contribution is 6.37. The zero-order valence-corrected chi connectivity index (χ0v) is 15.2. The van der Waals surface area contributed by atoms with Crippen LogP contribution in [0.2, 0.25) is 20.1 Å². The third kappa shape index (κ3) is 3.27. The fourth-order valence-corrected chi connectivity index (χ4v) is 3.39. The quantitative estimate of drug-likeness (QED) is 0.604. The van der Waals surface area contributed by atoms with Gasteiger partial charge in [-0.1, -0.05) is 60.3 Å².